The van der Waals surface area contributed by atoms with Crippen molar-refractivity contribution in [3.05, 3.63) is 0 Å². The molecule has 3 nitrogen and oxygen atoms in total. The van der Waals surface area contributed by atoms with Crippen molar-refractivity contribution in [3.8, 4) is 0 Å². The van der Waals surface area contributed by atoms with Crippen molar-refractivity contribution in [3.63, 3.8) is 0 Å². The van der Waals surface area contributed by atoms with Gasteiger partial charge in [0.2, 0.25) is 0 Å². The van der Waals surface area contributed by atoms with Crippen molar-refractivity contribution in [2.24, 2.45) is 0 Å². The Morgan fingerprint density at radius 2 is 0.600 bits per heavy atom. The minimum atomic E-state index is 0. The van der Waals surface area contributed by atoms with E-state index in [-0.39, 0.29) is 96.8 Å². The predicted octanol–water partition coefficient (Wildman–Crippen LogP) is -0.356. The van der Waals surface area contributed by atoms with Crippen LogP contribution in [0.1, 0.15) is 0 Å². The summed E-state index contributed by atoms with van der Waals surface area (Å²) in [6, 6.07) is 0. The molecule has 0 fully saturated rings. The molecule has 0 spiro atoms. The van der Waals surface area contributed by atoms with Crippen LogP contribution in [0.2, 0.25) is 0 Å². The van der Waals surface area contributed by atoms with Crippen molar-refractivity contribution in [1.29, 1.82) is 0 Å². The molecule has 0 rings (SSSR count). The van der Waals surface area contributed by atoms with Crippen LogP contribution in [0.3, 0.4) is 0 Å². The maximum atomic E-state index is 0. The Bertz CT molecular complexity index is 6.85. The van der Waals surface area contributed by atoms with E-state index in [2.05, 4.69) is 0 Å². The molecule has 0 N–H and O–H groups in total. The summed E-state index contributed by atoms with van der Waals surface area (Å²) in [5, 5.41) is 0. The molecule has 0 aromatic heterocycles. The zero-order valence-corrected chi connectivity index (χ0v) is 6.87. The molecule has 0 bridgehead atoms. The molecule has 5 heavy (non-hydrogen) atoms. The van der Waals surface area contributed by atoms with Crippen molar-refractivity contribution >= 4 is 0 Å². The van der Waals surface area contributed by atoms with E-state index in [4.69, 9.17) is 0 Å². The van der Waals surface area contributed by atoms with Crippen LogP contribution in [0, 0.1) is 80.3 Å². The molecule has 0 aliphatic rings. The third-order valence-corrected chi connectivity index (χ3v) is 0. The molecule has 0 aromatic rings. The number of hydrogen-bond acceptors (Lipinski definition) is 0. The number of hydrogen-bond donors (Lipinski definition) is 0. The first-order valence-electron chi connectivity index (χ1n) is 0. The summed E-state index contributed by atoms with van der Waals surface area (Å²) in [5.41, 5.74) is 0. The summed E-state index contributed by atoms with van der Waals surface area (Å²) in [4.78, 5) is 0. The fourth-order valence-electron chi connectivity index (χ4n) is 0. The fraction of sp³-hybridized carbons (Fsp3) is 0. The predicted molar refractivity (Wildman–Crippen MR) is 2.06 cm³/mol. The zero-order chi connectivity index (χ0) is 0. The van der Waals surface area contributed by atoms with Gasteiger partial charge in [-0.05, 0) is 0 Å². The van der Waals surface area contributed by atoms with Gasteiger partial charge >= 0.3 is 80.3 Å². The van der Waals surface area contributed by atoms with E-state index >= 15 is 0 Å². The minimum absolute atomic E-state index is 0. The normalized spacial score (nSPS) is 0. The second-order valence-corrected chi connectivity index (χ2v) is 0. The summed E-state index contributed by atoms with van der Waals surface area (Å²) < 4.78 is 0. The van der Waals surface area contributed by atoms with Gasteiger partial charge in [-0.1, -0.05) is 0 Å². The monoisotopic (exact) mass is 358 g/mol. The molecule has 0 saturated heterocycles. The number of rotatable bonds is 0. The van der Waals surface area contributed by atoms with Gasteiger partial charge in [0, 0.05) is 0 Å². The van der Waals surface area contributed by atoms with Gasteiger partial charge in [-0.25, -0.2) is 0 Å². The van der Waals surface area contributed by atoms with Crippen LogP contribution in [0.4, 0.5) is 0 Å². The standard InChI is InChI=1S/Gd.3O.Sm/q+3;3*-2;+3. The van der Waals surface area contributed by atoms with Gasteiger partial charge in [0.1, 0.15) is 0 Å². The third kappa shape index (κ3) is 20.9. The molecule has 0 atom stereocenters. The van der Waals surface area contributed by atoms with E-state index in [0.717, 1.165) is 0 Å². The van der Waals surface area contributed by atoms with Gasteiger partial charge < -0.3 is 16.4 Å². The molecular weight excluding hydrogens is 356 g/mol. The first-order valence-corrected chi connectivity index (χ1v) is 0. The Labute approximate surface area is 94.6 Å². The van der Waals surface area contributed by atoms with E-state index in [1.54, 1.807) is 0 Å². The average molecular weight is 356 g/mol. The molecule has 2 radical (unpaired) electrons. The molecule has 0 unspecified atom stereocenters. The summed E-state index contributed by atoms with van der Waals surface area (Å²) in [6.45, 7) is 0. The summed E-state index contributed by atoms with van der Waals surface area (Å²) in [6.07, 6.45) is 0. The Hall–Kier alpha value is 2.54. The Morgan fingerprint density at radius 1 is 0.600 bits per heavy atom. The molecule has 0 aliphatic carbocycles. The van der Waals surface area contributed by atoms with Crippen molar-refractivity contribution in [1.82, 2.24) is 0 Å². The maximum Gasteiger partial charge on any atom is 3.00 e. The zero-order valence-electron chi connectivity index (χ0n) is 1.99. The van der Waals surface area contributed by atoms with Crippen LogP contribution in [-0.2, 0) is 16.4 Å². The van der Waals surface area contributed by atoms with Gasteiger partial charge in [0.05, 0.1) is 0 Å². The van der Waals surface area contributed by atoms with E-state index in [1.165, 1.54) is 0 Å². The Kier molecular flexibility index (Phi) is 311. The van der Waals surface area contributed by atoms with Crippen molar-refractivity contribution in [2.45, 2.75) is 0 Å². The molecule has 32 valence electrons. The first kappa shape index (κ1) is 49.9. The van der Waals surface area contributed by atoms with Gasteiger partial charge in [0.15, 0.2) is 0 Å². The average Bonchev–Trinajstić information content (AvgIpc) is 0. The van der Waals surface area contributed by atoms with E-state index in [9.17, 15) is 0 Å². The van der Waals surface area contributed by atoms with E-state index < -0.39 is 0 Å². The molecular formula is GdO3Sm. The third-order valence-electron chi connectivity index (χ3n) is 0. The van der Waals surface area contributed by atoms with Crippen LogP contribution in [0.25, 0.3) is 0 Å². The van der Waals surface area contributed by atoms with E-state index in [0.29, 0.717) is 0 Å². The van der Waals surface area contributed by atoms with Crippen LogP contribution in [0.15, 0.2) is 0 Å². The fourth-order valence-corrected chi connectivity index (χ4v) is 0. The van der Waals surface area contributed by atoms with Crippen LogP contribution in [-0.4, -0.2) is 0 Å². The van der Waals surface area contributed by atoms with Crippen LogP contribution in [0.5, 0.6) is 0 Å². The quantitative estimate of drug-likeness (QED) is 0.568. The summed E-state index contributed by atoms with van der Waals surface area (Å²) >= 11 is 0. The largest absolute Gasteiger partial charge is 3.00 e. The van der Waals surface area contributed by atoms with Crippen molar-refractivity contribution < 1.29 is 96.8 Å². The topological polar surface area (TPSA) is 85.5 Å². The Balaban J connectivity index is 0. The van der Waals surface area contributed by atoms with E-state index in [1.807, 2.05) is 0 Å². The minimum Gasteiger partial charge on any atom is -2.00 e. The molecule has 0 amide bonds. The molecule has 0 aliphatic heterocycles. The molecule has 0 saturated carbocycles. The second kappa shape index (κ2) is 31.1. The van der Waals surface area contributed by atoms with Gasteiger partial charge in [0.25, 0.3) is 0 Å². The first-order chi connectivity index (χ1) is 0. The summed E-state index contributed by atoms with van der Waals surface area (Å²) in [5.74, 6) is 0. The van der Waals surface area contributed by atoms with Gasteiger partial charge in [-0.2, -0.15) is 0 Å². The Morgan fingerprint density at radius 3 is 0.600 bits per heavy atom. The molecule has 0 aromatic carbocycles. The SMILES string of the molecule is [Gd+3].[O-2].[O-2].[O-2].[Sm+3]. The van der Waals surface area contributed by atoms with Gasteiger partial charge in [-0.3, -0.25) is 0 Å². The molecule has 0 heterocycles. The smallest absolute Gasteiger partial charge is 2.00 e. The van der Waals surface area contributed by atoms with Crippen LogP contribution >= 0.6 is 0 Å². The maximum absolute atomic E-state index is 0. The second-order valence-electron chi connectivity index (χ2n) is 0. The van der Waals surface area contributed by atoms with Gasteiger partial charge in [-0.15, -0.1) is 0 Å². The summed E-state index contributed by atoms with van der Waals surface area (Å²) in [7, 11) is 0. The van der Waals surface area contributed by atoms with Crippen molar-refractivity contribution in [2.75, 3.05) is 0 Å². The van der Waals surface area contributed by atoms with Crippen LogP contribution < -0.4 is 0 Å². The molecule has 5 heteroatoms.